The quantitative estimate of drug-likeness (QED) is 0.621. The minimum absolute atomic E-state index is 0.0247. The number of anilines is 2. The van der Waals surface area contributed by atoms with E-state index >= 15 is 0 Å². The number of imide groups is 1. The molecule has 9 heteroatoms. The zero-order valence-electron chi connectivity index (χ0n) is 18.5. The van der Waals surface area contributed by atoms with E-state index in [9.17, 15) is 23.6 Å². The van der Waals surface area contributed by atoms with E-state index in [1.165, 1.54) is 18.2 Å². The molecule has 1 heterocycles. The molecule has 8 nitrogen and oxygen atoms in total. The molecule has 174 valence electrons. The van der Waals surface area contributed by atoms with Crippen molar-refractivity contribution in [1.29, 1.82) is 0 Å². The van der Waals surface area contributed by atoms with Crippen molar-refractivity contribution in [3.63, 3.8) is 0 Å². The molecule has 0 spiro atoms. The standard InChI is InChI=1S/C24H26FN3O5/c1-3-15(2)17-8-4-7-11-20(17)28-13-16(12-22(28)30)23(31)33-14-21(29)27-24(32)26-19-10-6-5-9-18(19)25/h4-11,15-16H,3,12-14H2,1-2H3,(H2,26,27,29,32)/t15-,16-/m1/s1. The molecule has 33 heavy (non-hydrogen) atoms. The number of hydrogen-bond acceptors (Lipinski definition) is 5. The van der Waals surface area contributed by atoms with Gasteiger partial charge < -0.3 is 15.0 Å². The molecule has 0 aliphatic carbocycles. The van der Waals surface area contributed by atoms with Crippen LogP contribution in [-0.2, 0) is 19.1 Å². The Hall–Kier alpha value is -3.75. The third-order valence-corrected chi connectivity index (χ3v) is 5.55. The molecule has 0 bridgehead atoms. The zero-order chi connectivity index (χ0) is 24.0. The highest BCUT2D eigenvalue weighted by atomic mass is 19.1. The Morgan fingerprint density at radius 3 is 2.58 bits per heavy atom. The number of carbonyl (C=O) groups excluding carboxylic acids is 4. The summed E-state index contributed by atoms with van der Waals surface area (Å²) in [6.45, 7) is 3.60. The van der Waals surface area contributed by atoms with Gasteiger partial charge in [0.25, 0.3) is 5.91 Å². The molecule has 4 amide bonds. The van der Waals surface area contributed by atoms with Crippen LogP contribution in [0.1, 0.15) is 38.2 Å². The molecular formula is C24H26FN3O5. The fraction of sp³-hybridized carbons (Fsp3) is 0.333. The summed E-state index contributed by atoms with van der Waals surface area (Å²) in [6.07, 6.45) is 0.882. The fourth-order valence-corrected chi connectivity index (χ4v) is 3.60. The predicted molar refractivity (Wildman–Crippen MR) is 120 cm³/mol. The third-order valence-electron chi connectivity index (χ3n) is 5.55. The average molecular weight is 455 g/mol. The number of para-hydroxylation sites is 2. The summed E-state index contributed by atoms with van der Waals surface area (Å²) in [7, 11) is 0. The van der Waals surface area contributed by atoms with Gasteiger partial charge in [-0.15, -0.1) is 0 Å². The van der Waals surface area contributed by atoms with Gasteiger partial charge >= 0.3 is 12.0 Å². The first-order chi connectivity index (χ1) is 15.8. The van der Waals surface area contributed by atoms with E-state index < -0.39 is 36.2 Å². The van der Waals surface area contributed by atoms with E-state index in [0.717, 1.165) is 23.7 Å². The molecule has 0 aromatic heterocycles. The highest BCUT2D eigenvalue weighted by Crippen LogP contribution is 2.33. The Labute approximate surface area is 191 Å². The van der Waals surface area contributed by atoms with Crippen molar-refractivity contribution in [2.75, 3.05) is 23.4 Å². The summed E-state index contributed by atoms with van der Waals surface area (Å²) >= 11 is 0. The monoisotopic (exact) mass is 455 g/mol. The van der Waals surface area contributed by atoms with Crippen molar-refractivity contribution >= 4 is 35.2 Å². The first kappa shape index (κ1) is 23.9. The van der Waals surface area contributed by atoms with Crippen molar-refractivity contribution in [1.82, 2.24) is 5.32 Å². The summed E-state index contributed by atoms with van der Waals surface area (Å²) in [5, 5.41) is 4.16. The van der Waals surface area contributed by atoms with Crippen molar-refractivity contribution in [2.45, 2.75) is 32.6 Å². The van der Waals surface area contributed by atoms with Gasteiger partial charge in [0.05, 0.1) is 11.6 Å². The highest BCUT2D eigenvalue weighted by molar-refractivity contribution is 6.03. The number of amides is 4. The number of rotatable bonds is 7. The number of nitrogens with zero attached hydrogens (tertiary/aromatic N) is 1. The van der Waals surface area contributed by atoms with E-state index in [0.29, 0.717) is 0 Å². The molecule has 1 fully saturated rings. The van der Waals surface area contributed by atoms with Gasteiger partial charge in [0.15, 0.2) is 6.61 Å². The number of carbonyl (C=O) groups is 4. The molecule has 2 aromatic rings. The minimum atomic E-state index is -0.954. The summed E-state index contributed by atoms with van der Waals surface area (Å²) in [5.41, 5.74) is 1.71. The van der Waals surface area contributed by atoms with Gasteiger partial charge in [0.2, 0.25) is 5.91 Å². The Kier molecular flexibility index (Phi) is 7.76. The van der Waals surface area contributed by atoms with Crippen LogP contribution in [0.15, 0.2) is 48.5 Å². The Morgan fingerprint density at radius 2 is 1.85 bits per heavy atom. The molecule has 1 saturated heterocycles. The number of esters is 1. The van der Waals surface area contributed by atoms with Crippen molar-refractivity contribution < 1.29 is 28.3 Å². The van der Waals surface area contributed by atoms with Crippen LogP contribution in [0.25, 0.3) is 0 Å². The second kappa shape index (κ2) is 10.7. The third kappa shape index (κ3) is 5.94. The van der Waals surface area contributed by atoms with Crippen LogP contribution < -0.4 is 15.5 Å². The largest absolute Gasteiger partial charge is 0.455 e. The topological polar surface area (TPSA) is 105 Å². The zero-order valence-corrected chi connectivity index (χ0v) is 18.5. The molecule has 0 saturated carbocycles. The number of ether oxygens (including phenoxy) is 1. The lowest BCUT2D eigenvalue weighted by molar-refractivity contribution is -0.152. The number of urea groups is 1. The van der Waals surface area contributed by atoms with E-state index in [2.05, 4.69) is 19.2 Å². The van der Waals surface area contributed by atoms with Gasteiger partial charge in [0.1, 0.15) is 5.82 Å². The van der Waals surface area contributed by atoms with Gasteiger partial charge in [-0.05, 0) is 36.1 Å². The molecular weight excluding hydrogens is 429 g/mol. The molecule has 1 aliphatic rings. The summed E-state index contributed by atoms with van der Waals surface area (Å²) in [6, 6.07) is 12.1. The smallest absolute Gasteiger partial charge is 0.326 e. The summed E-state index contributed by atoms with van der Waals surface area (Å²) in [4.78, 5) is 50.4. The SMILES string of the molecule is CC[C@@H](C)c1ccccc1N1C[C@H](C(=O)OCC(=O)NC(=O)Nc2ccccc2F)CC1=O. The minimum Gasteiger partial charge on any atom is -0.455 e. The Balaban J connectivity index is 1.52. The molecule has 0 unspecified atom stereocenters. The van der Waals surface area contributed by atoms with Crippen molar-refractivity contribution in [3.8, 4) is 0 Å². The van der Waals surface area contributed by atoms with Gasteiger partial charge in [-0.1, -0.05) is 44.2 Å². The Bertz CT molecular complexity index is 1060. The normalized spacial score (nSPS) is 16.3. The van der Waals surface area contributed by atoms with Crippen LogP contribution in [0, 0.1) is 11.7 Å². The lowest BCUT2D eigenvalue weighted by atomic mass is 9.96. The lowest BCUT2D eigenvalue weighted by Gasteiger charge is -2.23. The van der Waals surface area contributed by atoms with Gasteiger partial charge in [-0.25, -0.2) is 9.18 Å². The molecule has 1 aliphatic heterocycles. The lowest BCUT2D eigenvalue weighted by Crippen LogP contribution is -2.38. The summed E-state index contributed by atoms with van der Waals surface area (Å²) < 4.78 is 18.6. The van der Waals surface area contributed by atoms with Crippen molar-refractivity contribution in [3.05, 3.63) is 59.9 Å². The fourth-order valence-electron chi connectivity index (χ4n) is 3.60. The molecule has 2 atom stereocenters. The first-order valence-electron chi connectivity index (χ1n) is 10.7. The van der Waals surface area contributed by atoms with Crippen LogP contribution in [0.5, 0.6) is 0 Å². The highest BCUT2D eigenvalue weighted by Gasteiger charge is 2.37. The van der Waals surface area contributed by atoms with E-state index in [4.69, 9.17) is 4.74 Å². The van der Waals surface area contributed by atoms with Crippen LogP contribution in [-0.4, -0.2) is 37.0 Å². The van der Waals surface area contributed by atoms with Gasteiger partial charge in [-0.2, -0.15) is 0 Å². The second-order valence-corrected chi connectivity index (χ2v) is 7.86. The maximum atomic E-state index is 13.6. The van der Waals surface area contributed by atoms with Gasteiger partial charge in [-0.3, -0.25) is 19.7 Å². The number of halogens is 1. The Morgan fingerprint density at radius 1 is 1.15 bits per heavy atom. The van der Waals surface area contributed by atoms with Crippen LogP contribution in [0.2, 0.25) is 0 Å². The van der Waals surface area contributed by atoms with Crippen LogP contribution >= 0.6 is 0 Å². The predicted octanol–water partition coefficient (Wildman–Crippen LogP) is 3.58. The second-order valence-electron chi connectivity index (χ2n) is 7.86. The maximum Gasteiger partial charge on any atom is 0.326 e. The number of nitrogens with one attached hydrogen (secondary N) is 2. The van der Waals surface area contributed by atoms with E-state index in [1.807, 2.05) is 29.6 Å². The molecule has 2 N–H and O–H groups in total. The first-order valence-corrected chi connectivity index (χ1v) is 10.7. The van der Waals surface area contributed by atoms with E-state index in [-0.39, 0.29) is 30.5 Å². The number of benzene rings is 2. The maximum absolute atomic E-state index is 13.6. The van der Waals surface area contributed by atoms with Crippen LogP contribution in [0.4, 0.5) is 20.6 Å². The molecule has 0 radical (unpaired) electrons. The summed E-state index contributed by atoms with van der Waals surface area (Å²) in [5.74, 6) is -2.89. The molecule has 3 rings (SSSR count). The van der Waals surface area contributed by atoms with Crippen molar-refractivity contribution in [2.24, 2.45) is 5.92 Å². The number of hydrogen-bond donors (Lipinski definition) is 2. The van der Waals surface area contributed by atoms with Gasteiger partial charge in [0, 0.05) is 18.7 Å². The van der Waals surface area contributed by atoms with Crippen LogP contribution in [0.3, 0.4) is 0 Å². The van der Waals surface area contributed by atoms with E-state index in [1.54, 1.807) is 4.90 Å². The molecule has 2 aromatic carbocycles. The average Bonchev–Trinajstić information content (AvgIpc) is 3.20.